The molecule has 0 atom stereocenters. The molecule has 2 aliphatic rings. The van der Waals surface area contributed by atoms with Gasteiger partial charge in [0.25, 0.3) is 0 Å². The highest BCUT2D eigenvalue weighted by Gasteiger charge is 2.59. The molecule has 6 heteroatoms. The van der Waals surface area contributed by atoms with Crippen molar-refractivity contribution in [1.29, 1.82) is 0 Å². The number of rotatable bonds is 0. The molecular formula is C15H13N3O3. The van der Waals surface area contributed by atoms with Gasteiger partial charge >= 0.3 is 6.09 Å². The highest BCUT2D eigenvalue weighted by atomic mass is 16.4. The highest BCUT2D eigenvalue weighted by molar-refractivity contribution is 6.13. The van der Waals surface area contributed by atoms with Gasteiger partial charge in [-0.1, -0.05) is 18.2 Å². The van der Waals surface area contributed by atoms with E-state index in [2.05, 4.69) is 4.98 Å². The molecule has 1 saturated heterocycles. The smallest absolute Gasteiger partial charge is 0.407 e. The van der Waals surface area contributed by atoms with Gasteiger partial charge in [-0.2, -0.15) is 0 Å². The molecule has 0 bridgehead atoms. The number of likely N-dealkylation sites (tertiary alicyclic amines) is 1. The summed E-state index contributed by atoms with van der Waals surface area (Å²) in [4.78, 5) is 31.0. The second kappa shape index (κ2) is 3.72. The van der Waals surface area contributed by atoms with Gasteiger partial charge in [0.15, 0.2) is 0 Å². The zero-order valence-corrected chi connectivity index (χ0v) is 11.4. The van der Waals surface area contributed by atoms with Crippen molar-refractivity contribution in [2.24, 2.45) is 0 Å². The average Bonchev–Trinajstić information content (AvgIpc) is 2.67. The molecular weight excluding hydrogens is 270 g/mol. The van der Waals surface area contributed by atoms with E-state index in [0.29, 0.717) is 0 Å². The van der Waals surface area contributed by atoms with Crippen molar-refractivity contribution in [3.05, 3.63) is 36.0 Å². The number of amides is 2. The van der Waals surface area contributed by atoms with Crippen LogP contribution in [0.4, 0.5) is 10.5 Å². The fourth-order valence-corrected chi connectivity index (χ4v) is 3.46. The van der Waals surface area contributed by atoms with E-state index >= 15 is 0 Å². The van der Waals surface area contributed by atoms with E-state index in [0.717, 1.165) is 22.2 Å². The molecule has 1 N–H and O–H groups in total. The van der Waals surface area contributed by atoms with Crippen molar-refractivity contribution in [3.8, 4) is 0 Å². The quantitative estimate of drug-likeness (QED) is 0.794. The fraction of sp³-hybridized carbons (Fsp3) is 0.267. The van der Waals surface area contributed by atoms with Gasteiger partial charge in [-0.15, -0.1) is 0 Å². The van der Waals surface area contributed by atoms with E-state index in [1.54, 1.807) is 18.1 Å². The number of carbonyl (C=O) groups is 2. The van der Waals surface area contributed by atoms with Crippen LogP contribution in [0.3, 0.4) is 0 Å². The lowest BCUT2D eigenvalue weighted by atomic mass is 9.73. The third-order valence-corrected chi connectivity index (χ3v) is 4.50. The van der Waals surface area contributed by atoms with Gasteiger partial charge < -0.3 is 14.9 Å². The van der Waals surface area contributed by atoms with Crippen LogP contribution in [-0.4, -0.2) is 47.1 Å². The SMILES string of the molecule is CN1C(=O)C2(CN(C(=O)O)C2)c2c1cnc1ccccc21. The Bertz CT molecular complexity index is 796. The molecule has 0 radical (unpaired) electrons. The molecule has 4 rings (SSSR count). The van der Waals surface area contributed by atoms with Gasteiger partial charge in [0.1, 0.15) is 5.41 Å². The summed E-state index contributed by atoms with van der Waals surface area (Å²) < 4.78 is 0. The first kappa shape index (κ1) is 12.1. The van der Waals surface area contributed by atoms with Gasteiger partial charge in [-0.3, -0.25) is 9.78 Å². The monoisotopic (exact) mass is 283 g/mol. The van der Waals surface area contributed by atoms with Crippen LogP contribution in [0, 0.1) is 0 Å². The molecule has 0 saturated carbocycles. The maximum absolute atomic E-state index is 12.7. The van der Waals surface area contributed by atoms with Gasteiger partial charge in [0.2, 0.25) is 5.91 Å². The molecule has 0 aliphatic carbocycles. The Labute approximate surface area is 120 Å². The van der Waals surface area contributed by atoms with Crippen LogP contribution < -0.4 is 4.90 Å². The summed E-state index contributed by atoms with van der Waals surface area (Å²) in [6.07, 6.45) is 0.719. The zero-order valence-electron chi connectivity index (χ0n) is 11.4. The summed E-state index contributed by atoms with van der Waals surface area (Å²) in [5.41, 5.74) is 1.78. The number of hydrogen-bond acceptors (Lipinski definition) is 3. The van der Waals surface area contributed by atoms with E-state index in [1.807, 2.05) is 24.3 Å². The third kappa shape index (κ3) is 1.34. The maximum atomic E-state index is 12.7. The predicted octanol–water partition coefficient (Wildman–Crippen LogP) is 1.44. The van der Waals surface area contributed by atoms with Gasteiger partial charge in [-0.25, -0.2) is 4.79 Å². The number of pyridine rings is 1. The van der Waals surface area contributed by atoms with Crippen molar-refractivity contribution < 1.29 is 14.7 Å². The molecule has 2 aromatic rings. The number of carboxylic acid groups (broad SMARTS) is 1. The van der Waals surface area contributed by atoms with Crippen LogP contribution in [0.25, 0.3) is 10.9 Å². The molecule has 1 fully saturated rings. The first-order chi connectivity index (χ1) is 10.0. The normalized spacial score (nSPS) is 19.0. The van der Waals surface area contributed by atoms with Crippen LogP contribution in [-0.2, 0) is 10.2 Å². The summed E-state index contributed by atoms with van der Waals surface area (Å²) in [7, 11) is 1.72. The van der Waals surface area contributed by atoms with E-state index in [-0.39, 0.29) is 19.0 Å². The van der Waals surface area contributed by atoms with Crippen LogP contribution in [0.5, 0.6) is 0 Å². The molecule has 1 spiro atoms. The van der Waals surface area contributed by atoms with Crippen LogP contribution in [0.15, 0.2) is 30.5 Å². The Morgan fingerprint density at radius 2 is 2.05 bits per heavy atom. The highest BCUT2D eigenvalue weighted by Crippen LogP contribution is 2.49. The summed E-state index contributed by atoms with van der Waals surface area (Å²) >= 11 is 0. The van der Waals surface area contributed by atoms with Gasteiger partial charge in [0, 0.05) is 31.1 Å². The minimum Gasteiger partial charge on any atom is -0.465 e. The summed E-state index contributed by atoms with van der Waals surface area (Å²) in [6, 6.07) is 7.66. The number of likely N-dealkylation sites (N-methyl/N-ethyl adjacent to an activating group) is 1. The number of nitrogens with zero attached hydrogens (tertiary/aromatic N) is 3. The minimum absolute atomic E-state index is 0.0480. The number of hydrogen-bond donors (Lipinski definition) is 1. The molecule has 1 aromatic heterocycles. The van der Waals surface area contributed by atoms with Crippen LogP contribution in [0.2, 0.25) is 0 Å². The largest absolute Gasteiger partial charge is 0.465 e. The van der Waals surface area contributed by atoms with E-state index in [4.69, 9.17) is 5.11 Å². The Kier molecular flexibility index (Phi) is 2.15. The van der Waals surface area contributed by atoms with Crippen molar-refractivity contribution >= 4 is 28.6 Å². The molecule has 2 amide bonds. The van der Waals surface area contributed by atoms with E-state index in [9.17, 15) is 9.59 Å². The maximum Gasteiger partial charge on any atom is 0.407 e. The molecule has 2 aliphatic heterocycles. The van der Waals surface area contributed by atoms with Crippen LogP contribution >= 0.6 is 0 Å². The minimum atomic E-state index is -0.983. The Morgan fingerprint density at radius 3 is 2.76 bits per heavy atom. The number of benzene rings is 1. The molecule has 0 unspecified atom stereocenters. The second-order valence-corrected chi connectivity index (χ2v) is 5.62. The van der Waals surface area contributed by atoms with Crippen molar-refractivity contribution in [2.75, 3.05) is 25.0 Å². The third-order valence-electron chi connectivity index (χ3n) is 4.50. The van der Waals surface area contributed by atoms with Gasteiger partial charge in [-0.05, 0) is 6.07 Å². The van der Waals surface area contributed by atoms with Gasteiger partial charge in [0.05, 0.1) is 17.4 Å². The Balaban J connectivity index is 1.96. The van der Waals surface area contributed by atoms with Crippen molar-refractivity contribution in [3.63, 3.8) is 0 Å². The number of anilines is 1. The van der Waals surface area contributed by atoms with E-state index in [1.165, 1.54) is 4.90 Å². The standard InChI is InChI=1S/C15H13N3O3/c1-17-11-6-16-10-5-3-2-4-9(10)12(11)15(13(17)19)7-18(8-15)14(20)21/h2-6H,7-8H2,1H3,(H,20,21). The molecule has 21 heavy (non-hydrogen) atoms. The van der Waals surface area contributed by atoms with Crippen LogP contribution in [0.1, 0.15) is 5.56 Å². The molecule has 3 heterocycles. The molecule has 6 nitrogen and oxygen atoms in total. The number of aromatic nitrogens is 1. The van der Waals surface area contributed by atoms with Crippen molar-refractivity contribution in [2.45, 2.75) is 5.41 Å². The van der Waals surface area contributed by atoms with Crippen molar-refractivity contribution in [1.82, 2.24) is 9.88 Å². The Hall–Kier alpha value is -2.63. The summed E-state index contributed by atoms with van der Waals surface area (Å²) in [5, 5.41) is 10.0. The average molecular weight is 283 g/mol. The topological polar surface area (TPSA) is 73.7 Å². The number of carbonyl (C=O) groups excluding carboxylic acids is 1. The molecule has 1 aromatic carbocycles. The first-order valence-corrected chi connectivity index (χ1v) is 6.69. The number of fused-ring (bicyclic) bond motifs is 4. The fourth-order valence-electron chi connectivity index (χ4n) is 3.46. The Morgan fingerprint density at radius 1 is 1.33 bits per heavy atom. The zero-order chi connectivity index (χ0) is 14.8. The number of para-hydroxylation sites is 1. The lowest BCUT2D eigenvalue weighted by Crippen LogP contribution is -2.64. The summed E-state index contributed by atoms with van der Waals surface area (Å²) in [6.45, 7) is 0.430. The lowest BCUT2D eigenvalue weighted by molar-refractivity contribution is -0.127. The second-order valence-electron chi connectivity index (χ2n) is 5.62. The predicted molar refractivity (Wildman–Crippen MR) is 76.4 cm³/mol. The molecule has 106 valence electrons. The summed E-state index contributed by atoms with van der Waals surface area (Å²) in [5.74, 6) is -0.0480. The van der Waals surface area contributed by atoms with E-state index < -0.39 is 11.5 Å². The first-order valence-electron chi connectivity index (χ1n) is 6.69. The lowest BCUT2D eigenvalue weighted by Gasteiger charge is -2.45.